The van der Waals surface area contributed by atoms with E-state index >= 15 is 0 Å². The summed E-state index contributed by atoms with van der Waals surface area (Å²) in [7, 11) is 2.11. The van der Waals surface area contributed by atoms with Crippen molar-refractivity contribution in [3.63, 3.8) is 0 Å². The van der Waals surface area contributed by atoms with Crippen molar-refractivity contribution < 1.29 is 5.11 Å². The molecule has 2 atom stereocenters. The van der Waals surface area contributed by atoms with Gasteiger partial charge in [-0.05, 0) is 54.6 Å². The molecular formula is C24H33N3O. The second-order valence-electron chi connectivity index (χ2n) is 9.42. The van der Waals surface area contributed by atoms with Crippen LogP contribution in [0.1, 0.15) is 61.3 Å². The molecular weight excluding hydrogens is 346 g/mol. The highest BCUT2D eigenvalue weighted by atomic mass is 16.3. The molecule has 28 heavy (non-hydrogen) atoms. The van der Waals surface area contributed by atoms with Gasteiger partial charge in [0.1, 0.15) is 5.60 Å². The Morgan fingerprint density at radius 1 is 1.18 bits per heavy atom. The Kier molecular flexibility index (Phi) is 5.07. The van der Waals surface area contributed by atoms with Crippen LogP contribution < -0.4 is 5.32 Å². The Morgan fingerprint density at radius 3 is 2.46 bits per heavy atom. The van der Waals surface area contributed by atoms with Crippen LogP contribution in [-0.4, -0.2) is 48.2 Å². The Labute approximate surface area is 169 Å². The molecule has 2 N–H and O–H groups in total. The number of hydrogen-bond acceptors (Lipinski definition) is 4. The van der Waals surface area contributed by atoms with E-state index in [1.807, 2.05) is 12.4 Å². The van der Waals surface area contributed by atoms with Crippen LogP contribution in [0.5, 0.6) is 0 Å². The number of aliphatic hydroxyl groups is 1. The lowest BCUT2D eigenvalue weighted by atomic mass is 9.62. The summed E-state index contributed by atoms with van der Waals surface area (Å²) in [6.07, 6.45) is 4.97. The summed E-state index contributed by atoms with van der Waals surface area (Å²) < 4.78 is 0. The van der Waals surface area contributed by atoms with E-state index in [9.17, 15) is 5.11 Å². The molecule has 2 aliphatic heterocycles. The van der Waals surface area contributed by atoms with Gasteiger partial charge in [-0.15, -0.1) is 0 Å². The molecule has 0 aliphatic carbocycles. The maximum absolute atomic E-state index is 12.3. The highest BCUT2D eigenvalue weighted by molar-refractivity contribution is 5.42. The van der Waals surface area contributed by atoms with Gasteiger partial charge in [-0.3, -0.25) is 4.98 Å². The van der Waals surface area contributed by atoms with Crippen LogP contribution in [0, 0.1) is 5.41 Å². The Bertz CT molecular complexity index is 820. The second-order valence-corrected chi connectivity index (χ2v) is 9.42. The van der Waals surface area contributed by atoms with Gasteiger partial charge in [-0.2, -0.15) is 0 Å². The van der Waals surface area contributed by atoms with E-state index in [4.69, 9.17) is 0 Å². The van der Waals surface area contributed by atoms with Crippen molar-refractivity contribution in [3.8, 4) is 0 Å². The molecule has 1 aromatic carbocycles. The van der Waals surface area contributed by atoms with Crippen molar-refractivity contribution in [1.82, 2.24) is 15.2 Å². The molecule has 4 heteroatoms. The van der Waals surface area contributed by atoms with E-state index < -0.39 is 5.60 Å². The lowest BCUT2D eigenvalue weighted by Gasteiger charge is -2.56. The van der Waals surface area contributed by atoms with E-state index in [1.54, 1.807) is 0 Å². The van der Waals surface area contributed by atoms with Crippen LogP contribution in [0.4, 0.5) is 0 Å². The molecule has 4 rings (SSSR count). The third-order valence-corrected chi connectivity index (χ3v) is 6.82. The fraction of sp³-hybridized carbons (Fsp3) is 0.542. The number of nitrogens with zero attached hydrogens (tertiary/aromatic N) is 2. The van der Waals surface area contributed by atoms with Crippen LogP contribution >= 0.6 is 0 Å². The molecule has 2 fully saturated rings. The van der Waals surface area contributed by atoms with Gasteiger partial charge >= 0.3 is 0 Å². The quantitative estimate of drug-likeness (QED) is 0.835. The van der Waals surface area contributed by atoms with Gasteiger partial charge in [0.15, 0.2) is 0 Å². The summed E-state index contributed by atoms with van der Waals surface area (Å²) in [6, 6.07) is 10.7. The summed E-state index contributed by atoms with van der Waals surface area (Å²) >= 11 is 0. The van der Waals surface area contributed by atoms with E-state index in [2.05, 4.69) is 73.4 Å². The van der Waals surface area contributed by atoms with Crippen LogP contribution in [0.3, 0.4) is 0 Å². The topological polar surface area (TPSA) is 48.4 Å². The zero-order valence-corrected chi connectivity index (χ0v) is 17.6. The summed E-state index contributed by atoms with van der Waals surface area (Å²) in [4.78, 5) is 6.83. The Balaban J connectivity index is 1.79. The molecule has 4 nitrogen and oxygen atoms in total. The first-order chi connectivity index (χ1) is 13.3. The number of pyridine rings is 1. The Morgan fingerprint density at radius 2 is 1.89 bits per heavy atom. The first-order valence-electron chi connectivity index (χ1n) is 10.5. The van der Waals surface area contributed by atoms with Gasteiger partial charge in [0.05, 0.1) is 0 Å². The molecule has 0 bridgehead atoms. The molecule has 0 amide bonds. The molecule has 2 aromatic rings. The predicted molar refractivity (Wildman–Crippen MR) is 114 cm³/mol. The van der Waals surface area contributed by atoms with Crippen LogP contribution in [0.15, 0.2) is 42.7 Å². The molecule has 1 aromatic heterocycles. The fourth-order valence-corrected chi connectivity index (χ4v) is 5.16. The molecule has 3 heterocycles. The number of nitrogens with one attached hydrogen (secondary N) is 1. The van der Waals surface area contributed by atoms with Crippen molar-refractivity contribution in [2.45, 2.75) is 44.6 Å². The van der Waals surface area contributed by atoms with Crippen molar-refractivity contribution >= 4 is 0 Å². The minimum Gasteiger partial charge on any atom is -0.380 e. The first-order valence-corrected chi connectivity index (χ1v) is 10.5. The first kappa shape index (κ1) is 19.6. The third-order valence-electron chi connectivity index (χ3n) is 6.82. The second kappa shape index (κ2) is 7.25. The number of likely N-dealkylation sites (tertiary alicyclic amines) is 1. The molecule has 2 aliphatic rings. The summed E-state index contributed by atoms with van der Waals surface area (Å²) in [5, 5.41) is 15.7. The smallest absolute Gasteiger partial charge is 0.124 e. The lowest BCUT2D eigenvalue weighted by Crippen LogP contribution is -2.63. The van der Waals surface area contributed by atoms with Crippen molar-refractivity contribution in [2.75, 3.05) is 33.2 Å². The maximum atomic E-state index is 12.3. The molecule has 150 valence electrons. The van der Waals surface area contributed by atoms with Gasteiger partial charge in [-0.1, -0.05) is 45.0 Å². The summed E-state index contributed by atoms with van der Waals surface area (Å²) in [5.74, 6) is 0.962. The van der Waals surface area contributed by atoms with Gasteiger partial charge in [0.25, 0.3) is 0 Å². The zero-order chi connectivity index (χ0) is 19.9. The molecule has 1 unspecified atom stereocenters. The largest absolute Gasteiger partial charge is 0.380 e. The van der Waals surface area contributed by atoms with Crippen molar-refractivity contribution in [2.24, 2.45) is 5.41 Å². The fourth-order valence-electron chi connectivity index (χ4n) is 5.16. The average molecular weight is 380 g/mol. The monoisotopic (exact) mass is 379 g/mol. The third kappa shape index (κ3) is 3.18. The van der Waals surface area contributed by atoms with Gasteiger partial charge in [0.2, 0.25) is 0 Å². The molecule has 0 saturated carbocycles. The minimum atomic E-state index is -1.05. The molecule has 2 saturated heterocycles. The normalized spacial score (nSPS) is 24.1. The van der Waals surface area contributed by atoms with Crippen LogP contribution in [0.25, 0.3) is 0 Å². The number of aromatic nitrogens is 1. The van der Waals surface area contributed by atoms with Crippen molar-refractivity contribution in [1.29, 1.82) is 0 Å². The summed E-state index contributed by atoms with van der Waals surface area (Å²) in [6.45, 7) is 10.4. The number of hydrogen-bond donors (Lipinski definition) is 2. The van der Waals surface area contributed by atoms with E-state index in [0.29, 0.717) is 11.8 Å². The average Bonchev–Trinajstić information content (AvgIpc) is 3.21. The van der Waals surface area contributed by atoms with Gasteiger partial charge < -0.3 is 15.3 Å². The molecule has 0 radical (unpaired) electrons. The van der Waals surface area contributed by atoms with Crippen LogP contribution in [-0.2, 0) is 5.60 Å². The molecule has 0 spiro atoms. The van der Waals surface area contributed by atoms with E-state index in [-0.39, 0.29) is 5.41 Å². The van der Waals surface area contributed by atoms with Crippen LogP contribution in [0.2, 0.25) is 0 Å². The highest BCUT2D eigenvalue weighted by Gasteiger charge is 2.55. The number of rotatable bonds is 5. The summed E-state index contributed by atoms with van der Waals surface area (Å²) in [5.41, 5.74) is 3.13. The van der Waals surface area contributed by atoms with E-state index in [1.165, 1.54) is 11.1 Å². The van der Waals surface area contributed by atoms with Crippen molar-refractivity contribution in [3.05, 3.63) is 65.0 Å². The zero-order valence-electron chi connectivity index (χ0n) is 17.6. The highest BCUT2D eigenvalue weighted by Crippen LogP contribution is 2.50. The SMILES string of the molecule is CC(C)c1ccc([C@](O)(c2cncc(C3CCNC3)c2)C2(C)CN(C)C2)cc1. The van der Waals surface area contributed by atoms with Gasteiger partial charge in [-0.25, -0.2) is 0 Å². The number of benzene rings is 1. The lowest BCUT2D eigenvalue weighted by molar-refractivity contribution is -0.127. The minimum absolute atomic E-state index is 0.241. The standard InChI is InChI=1S/C24H33N3O/c1-17(2)18-5-7-21(8-6-18)24(28,23(3)15-27(4)16-23)22-11-20(13-26-14-22)19-9-10-25-12-19/h5-8,11,13-14,17,19,25,28H,9-10,12,15-16H2,1-4H3/t19?,24-/m0/s1. The predicted octanol–water partition coefficient (Wildman–Crippen LogP) is 3.47. The van der Waals surface area contributed by atoms with E-state index in [0.717, 1.165) is 43.7 Å². The maximum Gasteiger partial charge on any atom is 0.124 e. The van der Waals surface area contributed by atoms with Gasteiger partial charge in [0, 0.05) is 43.0 Å². The Hall–Kier alpha value is -1.75.